The van der Waals surface area contributed by atoms with E-state index in [1.165, 1.54) is 19.8 Å². The van der Waals surface area contributed by atoms with E-state index in [1.807, 2.05) is 32.3 Å². The van der Waals surface area contributed by atoms with Crippen molar-refractivity contribution < 1.29 is 14.3 Å². The van der Waals surface area contributed by atoms with E-state index < -0.39 is 0 Å². The van der Waals surface area contributed by atoms with Crippen LogP contribution in [0.15, 0.2) is 42.5 Å². The summed E-state index contributed by atoms with van der Waals surface area (Å²) in [6.07, 6.45) is 0.848. The molecule has 1 N–H and O–H groups in total. The molecule has 0 aliphatic rings. The summed E-state index contributed by atoms with van der Waals surface area (Å²) in [5.41, 5.74) is 1.67. The van der Waals surface area contributed by atoms with Crippen molar-refractivity contribution in [2.75, 3.05) is 34.9 Å². The van der Waals surface area contributed by atoms with Crippen LogP contribution < -0.4 is 14.8 Å². The van der Waals surface area contributed by atoms with Gasteiger partial charge in [-0.25, -0.2) is 0 Å². The van der Waals surface area contributed by atoms with Gasteiger partial charge in [0.2, 0.25) is 0 Å². The molecule has 0 aromatic heterocycles. The monoisotopic (exact) mass is 376 g/mol. The maximum Gasteiger partial charge on any atom is 0.251 e. The highest BCUT2D eigenvalue weighted by Gasteiger charge is 2.17. The fourth-order valence-corrected chi connectivity index (χ4v) is 2.97. The summed E-state index contributed by atoms with van der Waals surface area (Å²) in [5.74, 6) is 0.646. The Bertz CT molecular complexity index is 735. The summed E-state index contributed by atoms with van der Waals surface area (Å²) >= 11 is 6.18. The van der Waals surface area contributed by atoms with E-state index in [2.05, 4.69) is 22.3 Å². The molecule has 5 nitrogen and oxygen atoms in total. The number of nitrogens with one attached hydrogen (secondary N) is 1. The van der Waals surface area contributed by atoms with Crippen LogP contribution in [0.3, 0.4) is 0 Å². The van der Waals surface area contributed by atoms with Crippen LogP contribution in [0.1, 0.15) is 15.9 Å². The van der Waals surface area contributed by atoms with Gasteiger partial charge in [-0.2, -0.15) is 0 Å². The zero-order chi connectivity index (χ0) is 19.1. The molecule has 0 aliphatic carbocycles. The second-order valence-electron chi connectivity index (χ2n) is 6.21. The number of amides is 1. The van der Waals surface area contributed by atoms with Crippen molar-refractivity contribution in [1.82, 2.24) is 10.2 Å². The average molecular weight is 377 g/mol. The molecule has 140 valence electrons. The second-order valence-corrected chi connectivity index (χ2v) is 6.62. The standard InChI is InChI=1S/C20H25ClN2O3/c1-23(2)16(10-14-8-6-5-7-9-14)13-22-20(24)15-11-17(21)19(26-4)18(12-15)25-3/h5-9,11-12,16H,10,13H2,1-4H3,(H,22,24). The smallest absolute Gasteiger partial charge is 0.251 e. The van der Waals surface area contributed by atoms with Crippen molar-refractivity contribution in [3.63, 3.8) is 0 Å². The van der Waals surface area contributed by atoms with Crippen molar-refractivity contribution in [2.24, 2.45) is 0 Å². The quantitative estimate of drug-likeness (QED) is 0.768. The Balaban J connectivity index is 2.07. The van der Waals surface area contributed by atoms with Gasteiger partial charge in [0.25, 0.3) is 5.91 Å². The van der Waals surface area contributed by atoms with Gasteiger partial charge in [0, 0.05) is 18.2 Å². The maximum atomic E-state index is 12.6. The van der Waals surface area contributed by atoms with E-state index in [1.54, 1.807) is 12.1 Å². The summed E-state index contributed by atoms with van der Waals surface area (Å²) < 4.78 is 10.5. The van der Waals surface area contributed by atoms with Gasteiger partial charge in [0.15, 0.2) is 11.5 Å². The highest BCUT2D eigenvalue weighted by atomic mass is 35.5. The number of carbonyl (C=O) groups is 1. The fraction of sp³-hybridized carbons (Fsp3) is 0.350. The van der Waals surface area contributed by atoms with Gasteiger partial charge in [-0.15, -0.1) is 0 Å². The van der Waals surface area contributed by atoms with E-state index in [0.29, 0.717) is 28.6 Å². The van der Waals surface area contributed by atoms with E-state index in [4.69, 9.17) is 21.1 Å². The molecule has 0 aliphatic heterocycles. The SMILES string of the molecule is COc1cc(C(=O)NCC(Cc2ccccc2)N(C)C)cc(Cl)c1OC. The van der Waals surface area contributed by atoms with E-state index in [0.717, 1.165) is 6.42 Å². The first-order valence-corrected chi connectivity index (χ1v) is 8.74. The third-order valence-corrected chi connectivity index (χ3v) is 4.52. The van der Waals surface area contributed by atoms with E-state index in [9.17, 15) is 4.79 Å². The molecule has 2 aromatic rings. The van der Waals surface area contributed by atoms with Crippen molar-refractivity contribution in [1.29, 1.82) is 0 Å². The van der Waals surface area contributed by atoms with Crippen LogP contribution in [0.4, 0.5) is 0 Å². The van der Waals surface area contributed by atoms with Gasteiger partial charge >= 0.3 is 0 Å². The number of hydrogen-bond donors (Lipinski definition) is 1. The van der Waals surface area contributed by atoms with E-state index in [-0.39, 0.29) is 11.9 Å². The third kappa shape index (κ3) is 5.13. The fourth-order valence-electron chi connectivity index (χ4n) is 2.69. The summed E-state index contributed by atoms with van der Waals surface area (Å²) in [7, 11) is 7.03. The van der Waals surface area contributed by atoms with Crippen molar-refractivity contribution in [3.05, 3.63) is 58.6 Å². The molecule has 0 heterocycles. The molecule has 6 heteroatoms. The number of likely N-dealkylation sites (N-methyl/N-ethyl adjacent to an activating group) is 1. The van der Waals surface area contributed by atoms with Crippen LogP contribution in [-0.4, -0.2) is 51.7 Å². The lowest BCUT2D eigenvalue weighted by Gasteiger charge is -2.25. The molecular formula is C20H25ClN2O3. The van der Waals surface area contributed by atoms with Crippen LogP contribution in [0, 0.1) is 0 Å². The molecule has 0 radical (unpaired) electrons. The van der Waals surface area contributed by atoms with Gasteiger partial charge in [-0.1, -0.05) is 41.9 Å². The Morgan fingerprint density at radius 2 is 1.85 bits per heavy atom. The number of halogens is 1. The van der Waals surface area contributed by atoms with Crippen molar-refractivity contribution in [3.8, 4) is 11.5 Å². The molecule has 26 heavy (non-hydrogen) atoms. The molecule has 0 fully saturated rings. The Morgan fingerprint density at radius 3 is 2.42 bits per heavy atom. The highest BCUT2D eigenvalue weighted by Crippen LogP contribution is 2.35. The molecule has 2 rings (SSSR count). The number of carbonyl (C=O) groups excluding carboxylic acids is 1. The molecule has 2 aromatic carbocycles. The average Bonchev–Trinajstić information content (AvgIpc) is 2.64. The lowest BCUT2D eigenvalue weighted by molar-refractivity contribution is 0.0941. The molecule has 0 saturated carbocycles. The number of benzene rings is 2. The maximum absolute atomic E-state index is 12.6. The topological polar surface area (TPSA) is 50.8 Å². The summed E-state index contributed by atoms with van der Waals surface area (Å²) in [4.78, 5) is 14.7. The predicted octanol–water partition coefficient (Wildman–Crippen LogP) is 3.26. The minimum absolute atomic E-state index is 0.178. The van der Waals surface area contributed by atoms with Gasteiger partial charge in [0.05, 0.1) is 19.2 Å². The van der Waals surface area contributed by atoms with Gasteiger partial charge in [-0.05, 0) is 38.2 Å². The van der Waals surface area contributed by atoms with Crippen LogP contribution >= 0.6 is 11.6 Å². The lowest BCUT2D eigenvalue weighted by atomic mass is 10.0. The number of rotatable bonds is 8. The molecule has 0 saturated heterocycles. The van der Waals surface area contributed by atoms with Crippen LogP contribution in [0.25, 0.3) is 0 Å². The van der Waals surface area contributed by atoms with Crippen LogP contribution in [0.5, 0.6) is 11.5 Å². The number of hydrogen-bond acceptors (Lipinski definition) is 4. The summed E-state index contributed by atoms with van der Waals surface area (Å²) in [5, 5.41) is 3.32. The lowest BCUT2D eigenvalue weighted by Crippen LogP contribution is -2.41. The number of methoxy groups -OCH3 is 2. The van der Waals surface area contributed by atoms with Crippen LogP contribution in [0.2, 0.25) is 5.02 Å². The zero-order valence-electron chi connectivity index (χ0n) is 15.6. The first-order chi connectivity index (χ1) is 12.5. The van der Waals surface area contributed by atoms with Crippen LogP contribution in [-0.2, 0) is 6.42 Å². The number of nitrogens with zero attached hydrogens (tertiary/aromatic N) is 1. The van der Waals surface area contributed by atoms with Gasteiger partial charge in [-0.3, -0.25) is 4.79 Å². The number of ether oxygens (including phenoxy) is 2. The first-order valence-electron chi connectivity index (χ1n) is 8.36. The molecule has 0 bridgehead atoms. The minimum atomic E-state index is -0.201. The summed E-state index contributed by atoms with van der Waals surface area (Å²) in [6.45, 7) is 0.521. The molecular weight excluding hydrogens is 352 g/mol. The Morgan fingerprint density at radius 1 is 1.15 bits per heavy atom. The van der Waals surface area contributed by atoms with Gasteiger partial charge < -0.3 is 19.7 Å². The van der Waals surface area contributed by atoms with E-state index >= 15 is 0 Å². The highest BCUT2D eigenvalue weighted by molar-refractivity contribution is 6.32. The Labute approximate surface area is 159 Å². The normalized spacial score (nSPS) is 11.9. The summed E-state index contributed by atoms with van der Waals surface area (Å²) in [6, 6.07) is 13.6. The zero-order valence-corrected chi connectivity index (χ0v) is 16.3. The molecule has 1 unspecified atom stereocenters. The van der Waals surface area contributed by atoms with Gasteiger partial charge in [0.1, 0.15) is 0 Å². The third-order valence-electron chi connectivity index (χ3n) is 4.24. The van der Waals surface area contributed by atoms with Crippen molar-refractivity contribution >= 4 is 17.5 Å². The Hall–Kier alpha value is -2.24. The molecule has 0 spiro atoms. The minimum Gasteiger partial charge on any atom is -0.493 e. The Kier molecular flexibility index (Phi) is 7.30. The molecule has 1 amide bonds. The van der Waals surface area contributed by atoms with Crippen molar-refractivity contribution in [2.45, 2.75) is 12.5 Å². The largest absolute Gasteiger partial charge is 0.493 e. The molecule has 1 atom stereocenters. The predicted molar refractivity (Wildman–Crippen MR) is 105 cm³/mol. The first kappa shape index (κ1) is 20.1. The second kappa shape index (κ2) is 9.46.